The van der Waals surface area contributed by atoms with Gasteiger partial charge in [0.15, 0.2) is 0 Å². The first-order valence-electron chi connectivity index (χ1n) is 10.2. The summed E-state index contributed by atoms with van der Waals surface area (Å²) in [6.07, 6.45) is 2.68. The van der Waals surface area contributed by atoms with Gasteiger partial charge in [0.05, 0.1) is 11.5 Å². The topological polar surface area (TPSA) is 59.2 Å². The molecule has 1 aromatic heterocycles. The van der Waals surface area contributed by atoms with Crippen LogP contribution in [-0.4, -0.2) is 34.1 Å². The van der Waals surface area contributed by atoms with Crippen LogP contribution in [0, 0.1) is 5.92 Å². The highest BCUT2D eigenvalue weighted by Gasteiger charge is 2.31. The molecule has 0 bridgehead atoms. The van der Waals surface area contributed by atoms with E-state index in [4.69, 9.17) is 4.42 Å². The number of nitrogens with zero attached hydrogens (tertiary/aromatic N) is 3. The van der Waals surface area contributed by atoms with Crippen molar-refractivity contribution in [3.05, 3.63) is 35.7 Å². The molecule has 1 unspecified atom stereocenters. The van der Waals surface area contributed by atoms with Gasteiger partial charge in [-0.15, -0.1) is 10.2 Å². The minimum atomic E-state index is -4.38. The Morgan fingerprint density at radius 2 is 1.79 bits per heavy atom. The molecular weight excluding hydrogens is 383 g/mol. The van der Waals surface area contributed by atoms with Gasteiger partial charge in [-0.05, 0) is 55.9 Å². The lowest BCUT2D eigenvalue weighted by molar-refractivity contribution is -0.137. The fraction of sp³-hybridized carbons (Fsp3) is 0.571. The Kier molecular flexibility index (Phi) is 5.61. The summed E-state index contributed by atoms with van der Waals surface area (Å²) in [5.41, 5.74) is -0.272. The molecule has 2 aliphatic rings. The largest absolute Gasteiger partial charge is 0.420 e. The van der Waals surface area contributed by atoms with Crippen LogP contribution < -0.4 is 0 Å². The first kappa shape index (κ1) is 19.9. The second-order valence-corrected chi connectivity index (χ2v) is 8.05. The summed E-state index contributed by atoms with van der Waals surface area (Å²) < 4.78 is 43.9. The summed E-state index contributed by atoms with van der Waals surface area (Å²) in [7, 11) is 0. The van der Waals surface area contributed by atoms with E-state index in [0.717, 1.165) is 44.4 Å². The van der Waals surface area contributed by atoms with E-state index in [9.17, 15) is 18.0 Å². The average molecular weight is 407 g/mol. The Labute approximate surface area is 167 Å². The predicted octanol–water partition coefficient (Wildman–Crippen LogP) is 5.04. The molecule has 0 radical (unpaired) electrons. The quantitative estimate of drug-likeness (QED) is 0.712. The molecule has 1 saturated carbocycles. The van der Waals surface area contributed by atoms with Gasteiger partial charge >= 0.3 is 6.18 Å². The highest BCUT2D eigenvalue weighted by molar-refractivity contribution is 5.76. The number of amides is 1. The third kappa shape index (κ3) is 4.62. The van der Waals surface area contributed by atoms with Crippen LogP contribution in [-0.2, 0) is 11.0 Å². The van der Waals surface area contributed by atoms with Crippen molar-refractivity contribution in [2.24, 2.45) is 5.92 Å². The fourth-order valence-electron chi connectivity index (χ4n) is 4.31. The Hall–Kier alpha value is -2.38. The van der Waals surface area contributed by atoms with Gasteiger partial charge in [0.25, 0.3) is 0 Å². The summed E-state index contributed by atoms with van der Waals surface area (Å²) in [6, 6.07) is 4.67. The maximum atomic E-state index is 12.7. The maximum Gasteiger partial charge on any atom is 0.416 e. The number of carbonyl (C=O) groups is 1. The van der Waals surface area contributed by atoms with Crippen LogP contribution in [0.1, 0.15) is 62.3 Å². The number of alkyl halides is 3. The van der Waals surface area contributed by atoms with Gasteiger partial charge in [-0.3, -0.25) is 4.79 Å². The zero-order valence-electron chi connectivity index (χ0n) is 16.1. The summed E-state index contributed by atoms with van der Waals surface area (Å²) in [5, 5.41) is 8.11. The van der Waals surface area contributed by atoms with Gasteiger partial charge in [-0.2, -0.15) is 13.2 Å². The second kappa shape index (κ2) is 8.16. The van der Waals surface area contributed by atoms with E-state index in [1.807, 2.05) is 4.90 Å². The molecule has 5 nitrogen and oxygen atoms in total. The maximum absolute atomic E-state index is 12.7. The van der Waals surface area contributed by atoms with Crippen LogP contribution in [0.2, 0.25) is 0 Å². The van der Waals surface area contributed by atoms with Gasteiger partial charge < -0.3 is 9.32 Å². The van der Waals surface area contributed by atoms with Gasteiger partial charge in [0, 0.05) is 25.1 Å². The van der Waals surface area contributed by atoms with E-state index >= 15 is 0 Å². The van der Waals surface area contributed by atoms with Crippen molar-refractivity contribution in [3.63, 3.8) is 0 Å². The summed E-state index contributed by atoms with van der Waals surface area (Å²) in [4.78, 5) is 14.5. The van der Waals surface area contributed by atoms with Gasteiger partial charge in [0.2, 0.25) is 17.7 Å². The number of rotatable bonds is 4. The Morgan fingerprint density at radius 3 is 2.48 bits per heavy atom. The van der Waals surface area contributed by atoms with Crippen LogP contribution in [0.25, 0.3) is 11.5 Å². The number of hydrogen-bond donors (Lipinski definition) is 0. The molecule has 4 rings (SSSR count). The molecule has 1 amide bonds. The molecule has 0 N–H and O–H groups in total. The molecule has 8 heteroatoms. The predicted molar refractivity (Wildman–Crippen MR) is 99.9 cm³/mol. The van der Waals surface area contributed by atoms with E-state index < -0.39 is 11.7 Å². The minimum absolute atomic E-state index is 0.0352. The van der Waals surface area contributed by atoms with Crippen LogP contribution in [0.3, 0.4) is 0 Å². The molecule has 156 valence electrons. The molecule has 2 aromatic rings. The SMILES string of the molecule is O=C(CC1CCCC1)N1CCCC(c2nnc(-c3ccc(C(F)(F)F)cc3)o2)C1. The average Bonchev–Trinajstić information content (AvgIpc) is 3.40. The van der Waals surface area contributed by atoms with E-state index in [-0.39, 0.29) is 17.7 Å². The van der Waals surface area contributed by atoms with Crippen LogP contribution >= 0.6 is 0 Å². The van der Waals surface area contributed by atoms with Gasteiger partial charge in [0.1, 0.15) is 0 Å². The number of hydrogen-bond acceptors (Lipinski definition) is 4. The lowest BCUT2D eigenvalue weighted by atomic mass is 9.96. The van der Waals surface area contributed by atoms with Crippen LogP contribution in [0.15, 0.2) is 28.7 Å². The third-order valence-electron chi connectivity index (χ3n) is 5.96. The van der Waals surface area contributed by atoms with Crippen molar-refractivity contribution < 1.29 is 22.4 Å². The van der Waals surface area contributed by atoms with Crippen molar-refractivity contribution in [2.75, 3.05) is 13.1 Å². The minimum Gasteiger partial charge on any atom is -0.420 e. The Balaban J connectivity index is 1.41. The molecule has 1 aromatic carbocycles. The lowest BCUT2D eigenvalue weighted by Gasteiger charge is -2.31. The van der Waals surface area contributed by atoms with Crippen molar-refractivity contribution >= 4 is 5.91 Å². The molecule has 2 heterocycles. The molecule has 29 heavy (non-hydrogen) atoms. The number of likely N-dealkylation sites (tertiary alicyclic amines) is 1. The van der Waals surface area contributed by atoms with Crippen molar-refractivity contribution in [1.82, 2.24) is 15.1 Å². The van der Waals surface area contributed by atoms with Crippen molar-refractivity contribution in [1.29, 1.82) is 0 Å². The Bertz CT molecular complexity index is 842. The molecule has 2 fully saturated rings. The monoisotopic (exact) mass is 407 g/mol. The van der Waals surface area contributed by atoms with Gasteiger partial charge in [-0.25, -0.2) is 0 Å². The first-order valence-corrected chi connectivity index (χ1v) is 10.2. The number of piperidine rings is 1. The van der Waals surface area contributed by atoms with Crippen molar-refractivity contribution in [3.8, 4) is 11.5 Å². The zero-order chi connectivity index (χ0) is 20.4. The molecule has 1 aliphatic heterocycles. The van der Waals surface area contributed by atoms with Crippen molar-refractivity contribution in [2.45, 2.75) is 57.0 Å². The van der Waals surface area contributed by atoms with E-state index in [1.54, 1.807) is 0 Å². The first-order chi connectivity index (χ1) is 13.9. The number of benzene rings is 1. The molecule has 1 aliphatic carbocycles. The summed E-state index contributed by atoms with van der Waals surface area (Å²) in [6.45, 7) is 1.31. The second-order valence-electron chi connectivity index (χ2n) is 8.05. The van der Waals surface area contributed by atoms with Gasteiger partial charge in [-0.1, -0.05) is 12.8 Å². The number of carbonyl (C=O) groups excluding carboxylic acids is 1. The standard InChI is InChI=1S/C21H24F3N3O2/c22-21(23,24)17-9-7-15(8-10-17)19-25-26-20(29-19)16-6-3-11-27(13-16)18(28)12-14-4-1-2-5-14/h7-10,14,16H,1-6,11-13H2. The zero-order valence-corrected chi connectivity index (χ0v) is 16.1. The Morgan fingerprint density at radius 1 is 1.07 bits per heavy atom. The summed E-state index contributed by atoms with van der Waals surface area (Å²) in [5.74, 6) is 1.31. The molecule has 0 spiro atoms. The normalized spacial score (nSPS) is 20.9. The van der Waals surface area contributed by atoms with E-state index in [2.05, 4.69) is 10.2 Å². The van der Waals surface area contributed by atoms with Crippen LogP contribution in [0.5, 0.6) is 0 Å². The summed E-state index contributed by atoms with van der Waals surface area (Å²) >= 11 is 0. The highest BCUT2D eigenvalue weighted by Crippen LogP contribution is 2.33. The molecule has 1 saturated heterocycles. The smallest absolute Gasteiger partial charge is 0.416 e. The molecule has 1 atom stereocenters. The van der Waals surface area contributed by atoms with Crippen LogP contribution in [0.4, 0.5) is 13.2 Å². The fourth-order valence-corrected chi connectivity index (χ4v) is 4.31. The van der Waals surface area contributed by atoms with E-state index in [0.29, 0.717) is 30.3 Å². The lowest BCUT2D eigenvalue weighted by Crippen LogP contribution is -2.39. The van der Waals surface area contributed by atoms with E-state index in [1.165, 1.54) is 25.0 Å². The number of aromatic nitrogens is 2. The number of halogens is 3. The third-order valence-corrected chi connectivity index (χ3v) is 5.96. The molecular formula is C21H24F3N3O2. The highest BCUT2D eigenvalue weighted by atomic mass is 19.4.